The molecular formula is C30H36ClN3O5S. The molecule has 2 atom stereocenters. The second-order valence-electron chi connectivity index (χ2n) is 9.64. The molecule has 0 heterocycles. The lowest BCUT2D eigenvalue weighted by Gasteiger charge is -2.32. The molecule has 10 heteroatoms. The third-order valence-corrected chi connectivity index (χ3v) is 8.78. The van der Waals surface area contributed by atoms with Gasteiger partial charge >= 0.3 is 0 Å². The van der Waals surface area contributed by atoms with Crippen LogP contribution in [-0.4, -0.2) is 50.9 Å². The van der Waals surface area contributed by atoms with Crippen LogP contribution in [0.15, 0.2) is 77.7 Å². The standard InChI is InChI=1S/C30H36ClN3O5S/c1-6-22(3)32-30(36)23(4)33(19-24-13-15-25(39-5)16-14-24)29(35)20-34(28-10-8-7-9-27(28)31)40(37,38)26-17-11-21(2)12-18-26/h7-18,22-23H,6,19-20H2,1-5H3,(H,32,36)/t22-,23+/m1/s1. The Morgan fingerprint density at radius 1 is 0.975 bits per heavy atom. The molecule has 0 fully saturated rings. The van der Waals surface area contributed by atoms with E-state index in [4.69, 9.17) is 16.3 Å². The van der Waals surface area contributed by atoms with Crippen molar-refractivity contribution in [2.24, 2.45) is 0 Å². The van der Waals surface area contributed by atoms with Crippen LogP contribution in [0.25, 0.3) is 0 Å². The fourth-order valence-corrected chi connectivity index (χ4v) is 5.70. The Balaban J connectivity index is 2.03. The van der Waals surface area contributed by atoms with Crippen LogP contribution in [0.1, 0.15) is 38.3 Å². The number of nitrogens with zero attached hydrogens (tertiary/aromatic N) is 2. The molecule has 0 aliphatic rings. The maximum absolute atomic E-state index is 14.0. The van der Waals surface area contributed by atoms with Crippen molar-refractivity contribution in [2.45, 2.75) is 57.6 Å². The van der Waals surface area contributed by atoms with Gasteiger partial charge in [-0.15, -0.1) is 0 Å². The van der Waals surface area contributed by atoms with Crippen LogP contribution in [0.3, 0.4) is 0 Å². The first kappa shape index (κ1) is 31.0. The number of carbonyl (C=O) groups is 2. The summed E-state index contributed by atoms with van der Waals surface area (Å²) in [5.74, 6) is -0.238. The highest BCUT2D eigenvalue weighted by Crippen LogP contribution is 2.31. The summed E-state index contributed by atoms with van der Waals surface area (Å²) in [6.45, 7) is 6.85. The lowest BCUT2D eigenvalue weighted by atomic mass is 10.1. The lowest BCUT2D eigenvalue weighted by Crippen LogP contribution is -2.52. The quantitative estimate of drug-likeness (QED) is 0.316. The predicted octanol–water partition coefficient (Wildman–Crippen LogP) is 5.18. The number of benzene rings is 3. The molecule has 0 aliphatic heterocycles. The largest absolute Gasteiger partial charge is 0.497 e. The number of halogens is 1. The van der Waals surface area contributed by atoms with E-state index < -0.39 is 28.5 Å². The Morgan fingerprint density at radius 2 is 1.60 bits per heavy atom. The van der Waals surface area contributed by atoms with E-state index in [0.29, 0.717) is 5.75 Å². The summed E-state index contributed by atoms with van der Waals surface area (Å²) in [5.41, 5.74) is 1.81. The van der Waals surface area contributed by atoms with Crippen LogP contribution < -0.4 is 14.4 Å². The van der Waals surface area contributed by atoms with E-state index in [-0.39, 0.29) is 34.1 Å². The van der Waals surface area contributed by atoms with Crippen LogP contribution in [-0.2, 0) is 26.2 Å². The van der Waals surface area contributed by atoms with Crippen molar-refractivity contribution in [3.63, 3.8) is 0 Å². The number of nitrogens with one attached hydrogen (secondary N) is 1. The van der Waals surface area contributed by atoms with Gasteiger partial charge in [0.15, 0.2) is 0 Å². The summed E-state index contributed by atoms with van der Waals surface area (Å²) in [6.07, 6.45) is 0.722. The van der Waals surface area contributed by atoms with E-state index in [9.17, 15) is 18.0 Å². The van der Waals surface area contributed by atoms with Crippen molar-refractivity contribution in [1.29, 1.82) is 0 Å². The fraction of sp³-hybridized carbons (Fsp3) is 0.333. The van der Waals surface area contributed by atoms with Gasteiger partial charge in [0.2, 0.25) is 11.8 Å². The second-order valence-corrected chi connectivity index (χ2v) is 11.9. The average molecular weight is 586 g/mol. The third-order valence-electron chi connectivity index (χ3n) is 6.69. The number of anilines is 1. The lowest BCUT2D eigenvalue weighted by molar-refractivity contribution is -0.139. The first-order valence-electron chi connectivity index (χ1n) is 13.0. The van der Waals surface area contributed by atoms with Crippen LogP contribution >= 0.6 is 11.6 Å². The Labute approximate surface area is 241 Å². The molecule has 8 nitrogen and oxygen atoms in total. The van der Waals surface area contributed by atoms with E-state index in [1.54, 1.807) is 74.7 Å². The number of amides is 2. The van der Waals surface area contributed by atoms with Gasteiger partial charge in [-0.25, -0.2) is 8.42 Å². The van der Waals surface area contributed by atoms with Gasteiger partial charge in [0.25, 0.3) is 10.0 Å². The van der Waals surface area contributed by atoms with Crippen LogP contribution in [0.5, 0.6) is 5.75 Å². The molecule has 3 rings (SSSR count). The van der Waals surface area contributed by atoms with E-state index in [2.05, 4.69) is 5.32 Å². The summed E-state index contributed by atoms with van der Waals surface area (Å²) in [4.78, 5) is 28.5. The van der Waals surface area contributed by atoms with Crippen LogP contribution in [0.4, 0.5) is 5.69 Å². The summed E-state index contributed by atoms with van der Waals surface area (Å²) >= 11 is 6.44. The molecular weight excluding hydrogens is 550 g/mol. The summed E-state index contributed by atoms with van der Waals surface area (Å²) < 4.78 is 34.0. The maximum atomic E-state index is 14.0. The minimum absolute atomic E-state index is 0.0232. The summed E-state index contributed by atoms with van der Waals surface area (Å²) in [6, 6.07) is 19.0. The molecule has 0 aliphatic carbocycles. The van der Waals surface area contributed by atoms with Crippen molar-refractivity contribution >= 4 is 39.1 Å². The number of hydrogen-bond donors (Lipinski definition) is 1. The van der Waals surface area contributed by atoms with Crippen molar-refractivity contribution in [3.8, 4) is 5.75 Å². The van der Waals surface area contributed by atoms with Crippen molar-refractivity contribution < 1.29 is 22.7 Å². The van der Waals surface area contributed by atoms with Gasteiger partial charge in [0, 0.05) is 12.6 Å². The molecule has 0 aromatic heterocycles. The molecule has 1 N–H and O–H groups in total. The first-order chi connectivity index (χ1) is 19.0. The van der Waals surface area contributed by atoms with Gasteiger partial charge < -0.3 is 15.0 Å². The van der Waals surface area contributed by atoms with E-state index in [1.165, 1.54) is 17.0 Å². The van der Waals surface area contributed by atoms with Gasteiger partial charge in [-0.05, 0) is 69.2 Å². The fourth-order valence-electron chi connectivity index (χ4n) is 3.98. The van der Waals surface area contributed by atoms with Gasteiger partial charge in [-0.2, -0.15) is 0 Å². The molecule has 0 bridgehead atoms. The second kappa shape index (κ2) is 13.7. The van der Waals surface area contributed by atoms with Crippen LogP contribution in [0.2, 0.25) is 5.02 Å². The molecule has 40 heavy (non-hydrogen) atoms. The number of rotatable bonds is 12. The normalized spacial score (nSPS) is 12.8. The summed E-state index contributed by atoms with van der Waals surface area (Å²) in [5, 5.41) is 3.09. The predicted molar refractivity (Wildman–Crippen MR) is 158 cm³/mol. The SMILES string of the molecule is CC[C@@H](C)NC(=O)[C@H](C)N(Cc1ccc(OC)cc1)C(=O)CN(c1ccccc1Cl)S(=O)(=O)c1ccc(C)cc1. The topological polar surface area (TPSA) is 96.0 Å². The highest BCUT2D eigenvalue weighted by Gasteiger charge is 2.33. The van der Waals surface area contributed by atoms with Gasteiger partial charge in [-0.3, -0.25) is 13.9 Å². The Hall–Kier alpha value is -3.56. The molecule has 0 radical (unpaired) electrons. The van der Waals surface area contributed by atoms with Crippen molar-refractivity contribution in [1.82, 2.24) is 10.2 Å². The first-order valence-corrected chi connectivity index (χ1v) is 14.9. The van der Waals surface area contributed by atoms with Crippen LogP contribution in [0, 0.1) is 6.92 Å². The molecule has 0 spiro atoms. The minimum Gasteiger partial charge on any atom is -0.497 e. The number of para-hydroxylation sites is 1. The Kier molecular flexibility index (Phi) is 10.6. The third kappa shape index (κ3) is 7.55. The number of sulfonamides is 1. The zero-order chi connectivity index (χ0) is 29.4. The van der Waals surface area contributed by atoms with Gasteiger partial charge in [0.05, 0.1) is 22.7 Å². The molecule has 3 aromatic carbocycles. The highest BCUT2D eigenvalue weighted by atomic mass is 35.5. The molecule has 2 amide bonds. The van der Waals surface area contributed by atoms with E-state index in [0.717, 1.165) is 21.9 Å². The summed E-state index contributed by atoms with van der Waals surface area (Å²) in [7, 11) is -2.63. The Morgan fingerprint density at radius 3 is 2.17 bits per heavy atom. The van der Waals surface area contributed by atoms with Gasteiger partial charge in [-0.1, -0.05) is 60.5 Å². The molecule has 3 aromatic rings. The molecule has 0 unspecified atom stereocenters. The Bertz CT molecular complexity index is 1410. The number of methoxy groups -OCH3 is 1. The number of aryl methyl sites for hydroxylation is 1. The van der Waals surface area contributed by atoms with Gasteiger partial charge in [0.1, 0.15) is 18.3 Å². The molecule has 214 valence electrons. The van der Waals surface area contributed by atoms with E-state index in [1.807, 2.05) is 20.8 Å². The number of carbonyl (C=O) groups excluding carboxylic acids is 2. The number of hydrogen-bond acceptors (Lipinski definition) is 5. The highest BCUT2D eigenvalue weighted by molar-refractivity contribution is 7.92. The van der Waals surface area contributed by atoms with Crippen molar-refractivity contribution in [3.05, 3.63) is 88.9 Å². The minimum atomic E-state index is -4.19. The van der Waals surface area contributed by atoms with Crippen molar-refractivity contribution in [2.75, 3.05) is 18.0 Å². The average Bonchev–Trinajstić information content (AvgIpc) is 2.95. The molecule has 0 saturated heterocycles. The van der Waals surface area contributed by atoms with E-state index >= 15 is 0 Å². The maximum Gasteiger partial charge on any atom is 0.264 e. The smallest absolute Gasteiger partial charge is 0.264 e. The zero-order valence-corrected chi connectivity index (χ0v) is 25.0. The molecule has 0 saturated carbocycles. The number of ether oxygens (including phenoxy) is 1. The zero-order valence-electron chi connectivity index (χ0n) is 23.4. The monoisotopic (exact) mass is 585 g/mol.